The summed E-state index contributed by atoms with van der Waals surface area (Å²) in [5.41, 5.74) is 0.850. The summed E-state index contributed by atoms with van der Waals surface area (Å²) in [5.74, 6) is -5.52. The van der Waals surface area contributed by atoms with Crippen molar-refractivity contribution in [2.75, 3.05) is 10.6 Å². The third-order valence-electron chi connectivity index (χ3n) is 7.53. The van der Waals surface area contributed by atoms with Crippen molar-refractivity contribution in [3.05, 3.63) is 28.4 Å². The average molecular weight is 601 g/mol. The van der Waals surface area contributed by atoms with Gasteiger partial charge in [0.15, 0.2) is 0 Å². The third kappa shape index (κ3) is 5.46. The Hall–Kier alpha value is -3.76. The zero-order chi connectivity index (χ0) is 29.1. The number of nitrogens with one attached hydrogen (secondary N) is 3. The lowest BCUT2D eigenvalue weighted by molar-refractivity contribution is -0.119. The number of carbonyl (C=O) groups excluding carboxylic acids is 2. The van der Waals surface area contributed by atoms with E-state index >= 15 is 0 Å². The minimum atomic E-state index is -3.06. The number of rotatable bonds is 9. The quantitative estimate of drug-likeness (QED) is 0.317. The molecule has 0 aromatic carbocycles. The first-order valence-electron chi connectivity index (χ1n) is 12.9. The van der Waals surface area contributed by atoms with Gasteiger partial charge in [0.1, 0.15) is 29.2 Å². The second kappa shape index (κ2) is 10.3. The molecule has 11 nitrogen and oxygen atoms in total. The van der Waals surface area contributed by atoms with E-state index < -0.39 is 42.9 Å². The van der Waals surface area contributed by atoms with Crippen molar-refractivity contribution >= 4 is 39.9 Å². The third-order valence-corrected chi connectivity index (χ3v) is 8.74. The maximum absolute atomic E-state index is 13.5. The fraction of sp³-hybridized carbons (Fsp3) is 0.542. The summed E-state index contributed by atoms with van der Waals surface area (Å²) in [4.78, 5) is 26.7. The molecule has 0 radical (unpaired) electrons. The number of thiophene rings is 1. The highest BCUT2D eigenvalue weighted by molar-refractivity contribution is 7.17. The van der Waals surface area contributed by atoms with Gasteiger partial charge in [0.2, 0.25) is 17.7 Å². The lowest BCUT2D eigenvalue weighted by atomic mass is 9.89. The molecule has 3 aromatic rings. The number of alkyl halides is 5. The standard InChI is InChI=1S/C24H25F5N8O3S/c1-36-16(7-17(35-36)40-22(26)27)32-23-34-30-9-37(23)12-2-3-15-13(6-12)18(20(39)31-11-4-10(25)5-11)21(41-15)33-19(38)14-8-24(14,28)29/h7,9-12,14,22H,2-6,8H2,1H3,(H,31,39)(H,32,34)(H,33,38)/t10?,11?,12-,14+/m0/s1. The van der Waals surface area contributed by atoms with Crippen LogP contribution in [0.4, 0.5) is 38.7 Å². The average Bonchev–Trinajstić information content (AvgIpc) is 3.22. The monoisotopic (exact) mass is 600 g/mol. The van der Waals surface area contributed by atoms with Gasteiger partial charge in [-0.2, -0.15) is 8.78 Å². The van der Waals surface area contributed by atoms with E-state index in [2.05, 4.69) is 36.0 Å². The van der Waals surface area contributed by atoms with E-state index in [-0.39, 0.29) is 41.4 Å². The molecule has 0 aliphatic heterocycles. The van der Waals surface area contributed by atoms with E-state index in [9.17, 15) is 31.5 Å². The highest BCUT2D eigenvalue weighted by Gasteiger charge is 2.61. The molecule has 220 valence electrons. The van der Waals surface area contributed by atoms with Crippen LogP contribution >= 0.6 is 11.3 Å². The predicted molar refractivity (Wildman–Crippen MR) is 136 cm³/mol. The van der Waals surface area contributed by atoms with Gasteiger partial charge in [0.25, 0.3) is 11.8 Å². The smallest absolute Gasteiger partial charge is 0.388 e. The van der Waals surface area contributed by atoms with Gasteiger partial charge in [-0.25, -0.2) is 17.9 Å². The Morgan fingerprint density at radius 3 is 2.71 bits per heavy atom. The van der Waals surface area contributed by atoms with Crippen LogP contribution in [-0.4, -0.2) is 61.1 Å². The van der Waals surface area contributed by atoms with Crippen molar-refractivity contribution in [2.45, 2.75) is 69.3 Å². The van der Waals surface area contributed by atoms with Crippen LogP contribution in [0.1, 0.15) is 52.5 Å². The van der Waals surface area contributed by atoms with Crippen LogP contribution in [0.3, 0.4) is 0 Å². The molecular weight excluding hydrogens is 575 g/mol. The second-order valence-corrected chi connectivity index (χ2v) is 11.5. The maximum Gasteiger partial charge on any atom is 0.388 e. The Balaban J connectivity index is 1.25. The fourth-order valence-electron chi connectivity index (χ4n) is 5.17. The normalized spacial score (nSPS) is 24.4. The minimum Gasteiger partial charge on any atom is -0.415 e. The first kappa shape index (κ1) is 27.4. The van der Waals surface area contributed by atoms with Crippen molar-refractivity contribution in [3.63, 3.8) is 0 Å². The van der Waals surface area contributed by atoms with E-state index in [0.29, 0.717) is 36.6 Å². The van der Waals surface area contributed by atoms with Gasteiger partial charge in [-0.15, -0.1) is 26.6 Å². The van der Waals surface area contributed by atoms with Gasteiger partial charge in [0.05, 0.1) is 5.56 Å². The number of ether oxygens (including phenoxy) is 1. The molecular formula is C24H25F5N8O3S. The molecule has 3 aliphatic rings. The highest BCUT2D eigenvalue weighted by Crippen LogP contribution is 2.50. The largest absolute Gasteiger partial charge is 0.415 e. The zero-order valence-corrected chi connectivity index (χ0v) is 22.4. The van der Waals surface area contributed by atoms with Crippen molar-refractivity contribution in [2.24, 2.45) is 13.0 Å². The van der Waals surface area contributed by atoms with E-state index in [0.717, 1.165) is 4.88 Å². The Kier molecular flexibility index (Phi) is 6.86. The maximum atomic E-state index is 13.5. The van der Waals surface area contributed by atoms with E-state index in [1.165, 1.54) is 35.5 Å². The second-order valence-electron chi connectivity index (χ2n) is 10.4. The number of fused-ring (bicyclic) bond motifs is 1. The zero-order valence-electron chi connectivity index (χ0n) is 21.5. The Morgan fingerprint density at radius 1 is 1.27 bits per heavy atom. The van der Waals surface area contributed by atoms with E-state index in [1.54, 1.807) is 4.57 Å². The molecule has 3 heterocycles. The molecule has 2 fully saturated rings. The molecule has 0 saturated heterocycles. The summed E-state index contributed by atoms with van der Waals surface area (Å²) in [6, 6.07) is 0.684. The Bertz CT molecular complexity index is 1480. The lowest BCUT2D eigenvalue weighted by Gasteiger charge is -2.31. The molecule has 2 amide bonds. The molecule has 3 aromatic heterocycles. The number of halogens is 5. The summed E-state index contributed by atoms with van der Waals surface area (Å²) < 4.78 is 73.1. The number of nitrogens with zero attached hydrogens (tertiary/aromatic N) is 5. The van der Waals surface area contributed by atoms with Crippen LogP contribution in [0.25, 0.3) is 0 Å². The number of amides is 2. The molecule has 17 heteroatoms. The van der Waals surface area contributed by atoms with Crippen LogP contribution in [-0.2, 0) is 24.7 Å². The number of anilines is 3. The summed E-state index contributed by atoms with van der Waals surface area (Å²) in [7, 11) is 1.53. The van der Waals surface area contributed by atoms with Crippen LogP contribution in [0.2, 0.25) is 0 Å². The van der Waals surface area contributed by atoms with Crippen LogP contribution in [0, 0.1) is 5.92 Å². The van der Waals surface area contributed by atoms with Crippen molar-refractivity contribution in [1.29, 1.82) is 0 Å². The summed E-state index contributed by atoms with van der Waals surface area (Å²) in [6.07, 6.45) is 1.79. The molecule has 41 heavy (non-hydrogen) atoms. The number of hydrogen-bond donors (Lipinski definition) is 3. The van der Waals surface area contributed by atoms with Crippen LogP contribution in [0.5, 0.6) is 5.88 Å². The van der Waals surface area contributed by atoms with Crippen molar-refractivity contribution < 1.29 is 36.3 Å². The Labute approximate surface area is 233 Å². The molecule has 6 rings (SSSR count). The van der Waals surface area contributed by atoms with Crippen molar-refractivity contribution in [3.8, 4) is 5.88 Å². The predicted octanol–water partition coefficient (Wildman–Crippen LogP) is 3.97. The SMILES string of the molecule is Cn1nc(OC(F)F)cc1Nc1nncn1[C@H]1CCc2sc(NC(=O)[C@H]3CC3(F)F)c(C(=O)NC3CC(F)C3)c2C1. The van der Waals surface area contributed by atoms with Gasteiger partial charge in [-0.1, -0.05) is 0 Å². The van der Waals surface area contributed by atoms with Gasteiger partial charge < -0.3 is 20.7 Å². The topological polar surface area (TPSA) is 128 Å². The van der Waals surface area contributed by atoms with Gasteiger partial charge >= 0.3 is 6.61 Å². The summed E-state index contributed by atoms with van der Waals surface area (Å²) in [5, 5.41) is 20.5. The van der Waals surface area contributed by atoms with Crippen LogP contribution < -0.4 is 20.7 Å². The number of carbonyl (C=O) groups is 2. The van der Waals surface area contributed by atoms with Crippen LogP contribution in [0.15, 0.2) is 12.4 Å². The first-order chi connectivity index (χ1) is 19.5. The summed E-state index contributed by atoms with van der Waals surface area (Å²) in [6.45, 7) is -3.03. The van der Waals surface area contributed by atoms with E-state index in [4.69, 9.17) is 0 Å². The lowest BCUT2D eigenvalue weighted by Crippen LogP contribution is -2.45. The number of aryl methyl sites for hydroxylation is 2. The molecule has 0 unspecified atom stereocenters. The molecule has 0 spiro atoms. The molecule has 2 atom stereocenters. The van der Waals surface area contributed by atoms with E-state index in [1.807, 2.05) is 0 Å². The molecule has 0 bridgehead atoms. The summed E-state index contributed by atoms with van der Waals surface area (Å²) >= 11 is 1.18. The Morgan fingerprint density at radius 2 is 2.02 bits per heavy atom. The van der Waals surface area contributed by atoms with Gasteiger partial charge in [-0.3, -0.25) is 14.2 Å². The molecule has 3 N–H and O–H groups in total. The van der Waals surface area contributed by atoms with Crippen molar-refractivity contribution in [1.82, 2.24) is 29.9 Å². The first-order valence-corrected chi connectivity index (χ1v) is 13.7. The van der Waals surface area contributed by atoms with Gasteiger partial charge in [0, 0.05) is 36.5 Å². The minimum absolute atomic E-state index is 0.185. The van der Waals surface area contributed by atoms with Gasteiger partial charge in [-0.05, 0) is 37.7 Å². The molecule has 3 aliphatic carbocycles. The number of hydrogen-bond acceptors (Lipinski definition) is 8. The molecule has 2 saturated carbocycles. The fourth-order valence-corrected chi connectivity index (χ4v) is 6.42. The highest BCUT2D eigenvalue weighted by atomic mass is 32.1. The number of aromatic nitrogens is 5.